The van der Waals surface area contributed by atoms with Crippen molar-refractivity contribution >= 4 is 23.2 Å². The zero-order valence-corrected chi connectivity index (χ0v) is 13.9. The van der Waals surface area contributed by atoms with Crippen LogP contribution in [0.4, 0.5) is 17.3 Å². The van der Waals surface area contributed by atoms with E-state index < -0.39 is 0 Å². The maximum absolute atomic E-state index is 12.2. The highest BCUT2D eigenvalue weighted by atomic mass is 16.1. The van der Waals surface area contributed by atoms with Crippen LogP contribution < -0.4 is 16.8 Å². The molecule has 0 unspecified atom stereocenters. The fourth-order valence-corrected chi connectivity index (χ4v) is 2.50. The Morgan fingerprint density at radius 3 is 2.32 bits per heavy atom. The number of carbonyl (C=O) groups is 1. The second kappa shape index (κ2) is 7.00. The second-order valence-electron chi connectivity index (χ2n) is 5.81. The fourth-order valence-electron chi connectivity index (χ4n) is 2.50. The minimum absolute atomic E-state index is 0.174. The van der Waals surface area contributed by atoms with E-state index in [1.165, 1.54) is 0 Å². The molecule has 2 aromatic carbocycles. The van der Waals surface area contributed by atoms with Gasteiger partial charge in [0.2, 0.25) is 5.95 Å². The van der Waals surface area contributed by atoms with Crippen LogP contribution in [0.5, 0.6) is 0 Å². The number of nitrogen functional groups attached to an aromatic ring is 2. The summed E-state index contributed by atoms with van der Waals surface area (Å²) < 4.78 is 0. The predicted octanol–water partition coefficient (Wildman–Crippen LogP) is 2.79. The number of aryl methyl sites for hydroxylation is 1. The van der Waals surface area contributed by atoms with Gasteiger partial charge in [-0.05, 0) is 55.0 Å². The van der Waals surface area contributed by atoms with E-state index in [0.717, 1.165) is 22.6 Å². The molecular weight excluding hydrogens is 314 g/mol. The number of rotatable bonds is 4. The molecule has 6 nitrogen and oxygen atoms in total. The first-order chi connectivity index (χ1) is 12.0. The van der Waals surface area contributed by atoms with Crippen LogP contribution in [0.15, 0.2) is 54.6 Å². The lowest BCUT2D eigenvalue weighted by Crippen LogP contribution is -2.11. The molecule has 0 aliphatic heterocycles. The minimum atomic E-state index is -0.174. The van der Waals surface area contributed by atoms with Crippen molar-refractivity contribution in [1.29, 1.82) is 0 Å². The van der Waals surface area contributed by atoms with E-state index >= 15 is 0 Å². The number of carbonyl (C=O) groups excluding carboxylic acids is 1. The predicted molar refractivity (Wildman–Crippen MR) is 99.2 cm³/mol. The molecule has 1 amide bonds. The van der Waals surface area contributed by atoms with Crippen molar-refractivity contribution in [2.24, 2.45) is 0 Å². The lowest BCUT2D eigenvalue weighted by Gasteiger charge is -2.07. The molecule has 25 heavy (non-hydrogen) atoms. The molecule has 3 aromatic rings. The summed E-state index contributed by atoms with van der Waals surface area (Å²) >= 11 is 0. The van der Waals surface area contributed by atoms with E-state index in [9.17, 15) is 4.79 Å². The molecule has 0 saturated carbocycles. The van der Waals surface area contributed by atoms with E-state index in [2.05, 4.69) is 15.3 Å². The molecule has 0 atom stereocenters. The van der Waals surface area contributed by atoms with Crippen molar-refractivity contribution in [3.63, 3.8) is 0 Å². The molecule has 1 aromatic heterocycles. The maximum atomic E-state index is 12.2. The monoisotopic (exact) mass is 333 g/mol. The average Bonchev–Trinajstić information content (AvgIpc) is 2.56. The smallest absolute Gasteiger partial charge is 0.255 e. The summed E-state index contributed by atoms with van der Waals surface area (Å²) in [5.41, 5.74) is 16.0. The number of hydrogen-bond donors (Lipinski definition) is 3. The molecule has 126 valence electrons. The van der Waals surface area contributed by atoms with Crippen molar-refractivity contribution in [3.8, 4) is 0 Å². The van der Waals surface area contributed by atoms with Gasteiger partial charge in [0.1, 0.15) is 0 Å². The number of nitrogens with zero attached hydrogens (tertiary/aromatic N) is 2. The van der Waals surface area contributed by atoms with Gasteiger partial charge < -0.3 is 16.8 Å². The van der Waals surface area contributed by atoms with Gasteiger partial charge >= 0.3 is 0 Å². The Bertz CT molecular complexity index is 868. The average molecular weight is 333 g/mol. The second-order valence-corrected chi connectivity index (χ2v) is 5.81. The van der Waals surface area contributed by atoms with Crippen LogP contribution in [0, 0.1) is 6.92 Å². The zero-order valence-electron chi connectivity index (χ0n) is 13.9. The van der Waals surface area contributed by atoms with E-state index in [-0.39, 0.29) is 11.9 Å². The molecule has 0 fully saturated rings. The van der Waals surface area contributed by atoms with Gasteiger partial charge in [-0.3, -0.25) is 4.79 Å². The SMILES string of the molecule is Cc1cc(Cc2ccc(NC(=O)c3ccc(N)cc3)cc2)nc(N)n1. The summed E-state index contributed by atoms with van der Waals surface area (Å²) in [5, 5.41) is 2.86. The molecule has 0 aliphatic carbocycles. The number of aromatic nitrogens is 2. The van der Waals surface area contributed by atoms with Gasteiger partial charge in [-0.15, -0.1) is 0 Å². The standard InChI is InChI=1S/C19H19N5O/c1-12-10-17(24-19(21)22-12)11-13-2-8-16(9-3-13)23-18(25)14-4-6-15(20)7-5-14/h2-10H,11,20H2,1H3,(H,23,25)(H2,21,22,24). The summed E-state index contributed by atoms with van der Waals surface area (Å²) in [4.78, 5) is 20.5. The first kappa shape index (κ1) is 16.4. The molecule has 1 heterocycles. The molecule has 0 radical (unpaired) electrons. The molecule has 0 aliphatic rings. The Hall–Kier alpha value is -3.41. The molecule has 5 N–H and O–H groups in total. The lowest BCUT2D eigenvalue weighted by atomic mass is 10.1. The third-order valence-corrected chi connectivity index (χ3v) is 3.69. The first-order valence-electron chi connectivity index (χ1n) is 7.85. The first-order valence-corrected chi connectivity index (χ1v) is 7.85. The van der Waals surface area contributed by atoms with Crippen LogP contribution in [0.2, 0.25) is 0 Å². The Morgan fingerprint density at radius 1 is 1.00 bits per heavy atom. The number of anilines is 3. The van der Waals surface area contributed by atoms with Crippen LogP contribution in [0.1, 0.15) is 27.3 Å². The molecular formula is C19H19N5O. The molecule has 0 spiro atoms. The van der Waals surface area contributed by atoms with Crippen molar-refractivity contribution in [2.75, 3.05) is 16.8 Å². The largest absolute Gasteiger partial charge is 0.399 e. The minimum Gasteiger partial charge on any atom is -0.399 e. The molecule has 3 rings (SSSR count). The third kappa shape index (κ3) is 4.32. The highest BCUT2D eigenvalue weighted by molar-refractivity contribution is 6.04. The summed E-state index contributed by atoms with van der Waals surface area (Å²) in [6.45, 7) is 1.89. The third-order valence-electron chi connectivity index (χ3n) is 3.69. The van der Waals surface area contributed by atoms with Gasteiger partial charge in [0, 0.05) is 29.1 Å². The summed E-state index contributed by atoms with van der Waals surface area (Å²) in [5.74, 6) is 0.106. The maximum Gasteiger partial charge on any atom is 0.255 e. The number of benzene rings is 2. The number of nitrogens with one attached hydrogen (secondary N) is 1. The topological polar surface area (TPSA) is 107 Å². The van der Waals surface area contributed by atoms with Crippen LogP contribution in [0.25, 0.3) is 0 Å². The Kier molecular flexibility index (Phi) is 4.61. The van der Waals surface area contributed by atoms with Gasteiger partial charge in [-0.2, -0.15) is 0 Å². The highest BCUT2D eigenvalue weighted by Gasteiger charge is 2.06. The zero-order chi connectivity index (χ0) is 17.8. The van der Waals surface area contributed by atoms with E-state index in [1.54, 1.807) is 24.3 Å². The van der Waals surface area contributed by atoms with E-state index in [1.807, 2.05) is 37.3 Å². The Morgan fingerprint density at radius 2 is 1.68 bits per heavy atom. The highest BCUT2D eigenvalue weighted by Crippen LogP contribution is 2.15. The molecule has 0 saturated heterocycles. The number of hydrogen-bond acceptors (Lipinski definition) is 5. The van der Waals surface area contributed by atoms with Gasteiger partial charge in [0.25, 0.3) is 5.91 Å². The lowest BCUT2D eigenvalue weighted by molar-refractivity contribution is 0.102. The van der Waals surface area contributed by atoms with Gasteiger partial charge in [-0.1, -0.05) is 12.1 Å². The van der Waals surface area contributed by atoms with Crippen molar-refractivity contribution in [1.82, 2.24) is 9.97 Å². The molecule has 6 heteroatoms. The van der Waals surface area contributed by atoms with Crippen molar-refractivity contribution in [2.45, 2.75) is 13.3 Å². The van der Waals surface area contributed by atoms with Crippen LogP contribution in [0.3, 0.4) is 0 Å². The summed E-state index contributed by atoms with van der Waals surface area (Å²) in [6, 6.07) is 16.3. The summed E-state index contributed by atoms with van der Waals surface area (Å²) in [6.07, 6.45) is 0.653. The van der Waals surface area contributed by atoms with Crippen LogP contribution in [-0.2, 0) is 6.42 Å². The Labute approximate surface area is 145 Å². The normalized spacial score (nSPS) is 10.4. The van der Waals surface area contributed by atoms with Crippen LogP contribution >= 0.6 is 0 Å². The molecule has 0 bridgehead atoms. The van der Waals surface area contributed by atoms with Crippen molar-refractivity contribution in [3.05, 3.63) is 77.1 Å². The quantitative estimate of drug-likeness (QED) is 0.636. The number of amides is 1. The van der Waals surface area contributed by atoms with Gasteiger partial charge in [0.15, 0.2) is 0 Å². The number of nitrogens with two attached hydrogens (primary N) is 2. The van der Waals surface area contributed by atoms with Crippen LogP contribution in [-0.4, -0.2) is 15.9 Å². The summed E-state index contributed by atoms with van der Waals surface area (Å²) in [7, 11) is 0. The fraction of sp³-hybridized carbons (Fsp3) is 0.105. The van der Waals surface area contributed by atoms with Crippen molar-refractivity contribution < 1.29 is 4.79 Å². The van der Waals surface area contributed by atoms with Gasteiger partial charge in [-0.25, -0.2) is 9.97 Å². The van der Waals surface area contributed by atoms with E-state index in [4.69, 9.17) is 11.5 Å². The Balaban J connectivity index is 1.67. The van der Waals surface area contributed by atoms with E-state index in [0.29, 0.717) is 17.7 Å². The van der Waals surface area contributed by atoms with Gasteiger partial charge in [0.05, 0.1) is 5.69 Å².